The number of hydrogen-bond acceptors (Lipinski definition) is 8. The van der Waals surface area contributed by atoms with Crippen LogP contribution < -0.4 is 15.0 Å². The molecule has 36 heavy (non-hydrogen) atoms. The topological polar surface area (TPSA) is 98.7 Å². The van der Waals surface area contributed by atoms with Crippen molar-refractivity contribution in [2.45, 2.75) is 13.5 Å². The van der Waals surface area contributed by atoms with Crippen molar-refractivity contribution in [3.63, 3.8) is 0 Å². The number of nitroso groups, excluding NO2 is 1. The van der Waals surface area contributed by atoms with Crippen LogP contribution in [0.2, 0.25) is 0 Å². The van der Waals surface area contributed by atoms with E-state index in [4.69, 9.17) is 4.74 Å². The van der Waals surface area contributed by atoms with E-state index in [9.17, 15) is 9.30 Å². The average molecular weight is 494 g/mol. The molecule has 0 spiro atoms. The highest BCUT2D eigenvalue weighted by Crippen LogP contribution is 2.35. The molecule has 2 aromatic heterocycles. The lowest BCUT2D eigenvalue weighted by Gasteiger charge is -2.34. The van der Waals surface area contributed by atoms with Crippen molar-refractivity contribution in [2.24, 2.45) is 5.18 Å². The fraction of sp³-hybridized carbons (Fsp3) is 0.280. The number of hydrogen-bond donors (Lipinski definition) is 2. The van der Waals surface area contributed by atoms with Gasteiger partial charge in [-0.1, -0.05) is 5.18 Å². The first-order valence-corrected chi connectivity index (χ1v) is 11.5. The Morgan fingerprint density at radius 1 is 1.11 bits per heavy atom. The van der Waals surface area contributed by atoms with Gasteiger partial charge in [0.15, 0.2) is 17.4 Å². The van der Waals surface area contributed by atoms with Crippen LogP contribution in [-0.4, -0.2) is 53.1 Å². The molecule has 1 aliphatic heterocycles. The number of aromatic amines is 1. The Hall–Kier alpha value is -4.12. The van der Waals surface area contributed by atoms with Crippen LogP contribution in [0.5, 0.6) is 11.6 Å². The third kappa shape index (κ3) is 4.69. The van der Waals surface area contributed by atoms with Gasteiger partial charge in [-0.3, -0.25) is 0 Å². The second-order valence-electron chi connectivity index (χ2n) is 8.77. The molecule has 0 radical (unpaired) electrons. The Balaban J connectivity index is 1.41. The number of ether oxygens (including phenoxy) is 1. The summed E-state index contributed by atoms with van der Waals surface area (Å²) in [4.78, 5) is 26.9. The van der Waals surface area contributed by atoms with Gasteiger partial charge in [-0.2, -0.15) is 4.91 Å². The van der Waals surface area contributed by atoms with Crippen molar-refractivity contribution in [2.75, 3.05) is 43.4 Å². The Morgan fingerprint density at radius 3 is 2.58 bits per heavy atom. The molecule has 11 heteroatoms. The lowest BCUT2D eigenvalue weighted by Crippen LogP contribution is -2.44. The molecule has 0 atom stereocenters. The van der Waals surface area contributed by atoms with Crippen LogP contribution in [0.1, 0.15) is 11.3 Å². The molecule has 0 bridgehead atoms. The Labute approximate surface area is 206 Å². The number of likely N-dealkylation sites (N-methyl/N-ethyl adjacent to an activating group) is 1. The summed E-state index contributed by atoms with van der Waals surface area (Å²) in [5.41, 5.74) is 2.73. The van der Waals surface area contributed by atoms with Crippen molar-refractivity contribution >= 4 is 28.1 Å². The summed E-state index contributed by atoms with van der Waals surface area (Å²) in [5.74, 6) is -1.57. The summed E-state index contributed by atoms with van der Waals surface area (Å²) >= 11 is 0. The molecule has 0 saturated carbocycles. The maximum Gasteiger partial charge on any atom is 0.229 e. The second kappa shape index (κ2) is 9.86. The normalized spacial score (nSPS) is 14.3. The Kier molecular flexibility index (Phi) is 6.47. The molecule has 0 aliphatic carbocycles. The van der Waals surface area contributed by atoms with Crippen LogP contribution in [0.15, 0.2) is 47.9 Å². The molecule has 2 aromatic carbocycles. The van der Waals surface area contributed by atoms with Crippen molar-refractivity contribution in [3.8, 4) is 11.6 Å². The molecule has 0 unspecified atom stereocenters. The molecule has 4 aromatic rings. The number of nitrogens with one attached hydrogen (secondary N) is 2. The van der Waals surface area contributed by atoms with Crippen LogP contribution in [0.25, 0.3) is 10.9 Å². The van der Waals surface area contributed by atoms with Gasteiger partial charge in [-0.15, -0.1) is 0 Å². The number of fused-ring (bicyclic) bond motifs is 1. The lowest BCUT2D eigenvalue weighted by molar-refractivity contribution is 0.313. The molecule has 5 rings (SSSR count). The Bertz CT molecular complexity index is 1400. The van der Waals surface area contributed by atoms with E-state index in [0.717, 1.165) is 43.6 Å². The van der Waals surface area contributed by atoms with Crippen LogP contribution in [0, 0.1) is 23.5 Å². The van der Waals surface area contributed by atoms with Gasteiger partial charge in [0.1, 0.15) is 18.7 Å². The minimum atomic E-state index is -0.742. The van der Waals surface area contributed by atoms with Gasteiger partial charge in [-0.25, -0.2) is 18.7 Å². The van der Waals surface area contributed by atoms with Crippen molar-refractivity contribution < 1.29 is 13.5 Å². The number of halogens is 2. The lowest BCUT2D eigenvalue weighted by atomic mass is 10.2. The minimum absolute atomic E-state index is 0.0530. The molecular weight excluding hydrogens is 468 g/mol. The van der Waals surface area contributed by atoms with Crippen LogP contribution >= 0.6 is 0 Å². The number of nitrogens with zero attached hydrogens (tertiary/aromatic N) is 5. The van der Waals surface area contributed by atoms with E-state index in [2.05, 4.69) is 42.3 Å². The SMILES string of the molecule is Cc1cc2c(F)c(Oc3ncnc(Nc4ccc(N5CCN(C)CC5)cc4)c3CN=O)cc(F)c2[nH]1. The molecule has 0 amide bonds. The van der Waals surface area contributed by atoms with E-state index in [1.807, 2.05) is 24.3 Å². The van der Waals surface area contributed by atoms with Crippen LogP contribution in [0.4, 0.5) is 26.0 Å². The van der Waals surface area contributed by atoms with Crippen LogP contribution in [0.3, 0.4) is 0 Å². The fourth-order valence-corrected chi connectivity index (χ4v) is 4.27. The summed E-state index contributed by atoms with van der Waals surface area (Å²) in [6.45, 7) is 5.30. The molecule has 1 fully saturated rings. The van der Waals surface area contributed by atoms with Gasteiger partial charge in [0, 0.05) is 54.7 Å². The van der Waals surface area contributed by atoms with Crippen molar-refractivity contribution in [1.82, 2.24) is 19.9 Å². The second-order valence-corrected chi connectivity index (χ2v) is 8.77. The quantitative estimate of drug-likeness (QED) is 0.346. The van der Waals surface area contributed by atoms with E-state index in [-0.39, 0.29) is 40.5 Å². The maximum atomic E-state index is 15.1. The minimum Gasteiger partial charge on any atom is -0.435 e. The average Bonchev–Trinajstić information content (AvgIpc) is 3.28. The third-order valence-electron chi connectivity index (χ3n) is 6.24. The van der Waals surface area contributed by atoms with E-state index in [1.165, 1.54) is 12.4 Å². The largest absolute Gasteiger partial charge is 0.435 e. The van der Waals surface area contributed by atoms with E-state index >= 15 is 4.39 Å². The highest BCUT2D eigenvalue weighted by Gasteiger charge is 2.20. The highest BCUT2D eigenvalue weighted by molar-refractivity contribution is 5.83. The third-order valence-corrected chi connectivity index (χ3v) is 6.24. The zero-order chi connectivity index (χ0) is 25.2. The van der Waals surface area contributed by atoms with Gasteiger partial charge in [-0.05, 0) is 44.3 Å². The van der Waals surface area contributed by atoms with Gasteiger partial charge in [0.2, 0.25) is 5.88 Å². The summed E-state index contributed by atoms with van der Waals surface area (Å²) < 4.78 is 35.3. The molecule has 1 saturated heterocycles. The number of H-pyrrole nitrogens is 1. The molecular formula is C25H25F2N7O2. The molecule has 1 aliphatic rings. The summed E-state index contributed by atoms with van der Waals surface area (Å²) in [7, 11) is 2.11. The summed E-state index contributed by atoms with van der Waals surface area (Å²) in [6, 6.07) is 10.3. The number of rotatable bonds is 7. The van der Waals surface area contributed by atoms with Gasteiger partial charge >= 0.3 is 0 Å². The first-order valence-electron chi connectivity index (χ1n) is 11.5. The molecule has 186 valence electrons. The molecule has 2 N–H and O–H groups in total. The number of aryl methyl sites for hydroxylation is 1. The van der Waals surface area contributed by atoms with E-state index in [1.54, 1.807) is 6.92 Å². The van der Waals surface area contributed by atoms with E-state index in [0.29, 0.717) is 5.69 Å². The van der Waals surface area contributed by atoms with Crippen LogP contribution in [-0.2, 0) is 6.54 Å². The van der Waals surface area contributed by atoms with E-state index < -0.39 is 11.6 Å². The zero-order valence-corrected chi connectivity index (χ0v) is 19.9. The molecule has 3 heterocycles. The summed E-state index contributed by atoms with van der Waals surface area (Å²) in [6.07, 6.45) is 1.22. The number of piperazine rings is 1. The van der Waals surface area contributed by atoms with Gasteiger partial charge in [0.05, 0.1) is 11.1 Å². The predicted molar refractivity (Wildman–Crippen MR) is 134 cm³/mol. The first-order chi connectivity index (χ1) is 17.4. The zero-order valence-electron chi connectivity index (χ0n) is 19.9. The van der Waals surface area contributed by atoms with Crippen molar-refractivity contribution in [3.05, 3.63) is 70.5 Å². The van der Waals surface area contributed by atoms with Gasteiger partial charge < -0.3 is 24.8 Å². The Morgan fingerprint density at radius 2 is 1.86 bits per heavy atom. The van der Waals surface area contributed by atoms with Gasteiger partial charge in [0.25, 0.3) is 0 Å². The number of anilines is 3. The maximum absolute atomic E-state index is 15.1. The number of aromatic nitrogens is 3. The molecule has 9 nitrogen and oxygen atoms in total. The summed E-state index contributed by atoms with van der Waals surface area (Å²) in [5, 5.41) is 6.16. The smallest absolute Gasteiger partial charge is 0.229 e. The fourth-order valence-electron chi connectivity index (χ4n) is 4.27. The van der Waals surface area contributed by atoms with Crippen molar-refractivity contribution in [1.29, 1.82) is 0 Å². The monoisotopic (exact) mass is 493 g/mol. The number of benzene rings is 2. The standard InChI is InChI=1S/C25H25F2N7O2/c1-15-11-18-22(27)21(12-20(26)23(18)31-15)36-25-19(13-30-35)24(28-14-29-25)32-16-3-5-17(6-4-16)34-9-7-33(2)8-10-34/h3-6,11-12,14,31H,7-10,13H2,1-2H3,(H,28,29,32). The first kappa shape index (κ1) is 23.6. The highest BCUT2D eigenvalue weighted by atomic mass is 19.1. The predicted octanol–water partition coefficient (Wildman–Crippen LogP) is 5.10.